The van der Waals surface area contributed by atoms with E-state index in [-0.39, 0.29) is 24.4 Å². The van der Waals surface area contributed by atoms with Gasteiger partial charge in [-0.05, 0) is 46.2 Å². The number of ketones is 1. The number of Topliss-reactive ketones (excluding diaryl/α,β-unsaturated/α-hetero) is 1. The van der Waals surface area contributed by atoms with E-state index in [9.17, 15) is 14.4 Å². The molecule has 1 saturated heterocycles. The summed E-state index contributed by atoms with van der Waals surface area (Å²) in [5.74, 6) is -0.293. The maximum Gasteiger partial charge on any atom is 0.410 e. The molecule has 0 bridgehead atoms. The Morgan fingerprint density at radius 1 is 1.10 bits per heavy atom. The monoisotopic (exact) mass is 550 g/mol. The largest absolute Gasteiger partial charge is 0.444 e. The van der Waals surface area contributed by atoms with Crippen molar-refractivity contribution in [2.24, 2.45) is 11.7 Å². The van der Waals surface area contributed by atoms with Crippen LogP contribution in [0.2, 0.25) is 5.02 Å². The van der Waals surface area contributed by atoms with E-state index >= 15 is 0 Å². The average molecular weight is 551 g/mol. The van der Waals surface area contributed by atoms with Crippen molar-refractivity contribution in [2.75, 3.05) is 13.1 Å². The number of halogens is 1. The molecule has 9 nitrogen and oxygen atoms in total. The van der Waals surface area contributed by atoms with Crippen LogP contribution in [0.25, 0.3) is 21.8 Å². The molecule has 4 aromatic rings. The van der Waals surface area contributed by atoms with Gasteiger partial charge in [0.2, 0.25) is 0 Å². The van der Waals surface area contributed by atoms with Gasteiger partial charge in [-0.25, -0.2) is 4.79 Å². The molecule has 5 rings (SSSR count). The lowest BCUT2D eigenvalue weighted by molar-refractivity contribution is 0.00891. The molecule has 3 heterocycles. The zero-order valence-corrected chi connectivity index (χ0v) is 23.1. The molecule has 1 aliphatic heterocycles. The summed E-state index contributed by atoms with van der Waals surface area (Å²) in [7, 11) is 0. The molecule has 1 aliphatic rings. The zero-order valence-electron chi connectivity index (χ0n) is 22.3. The Balaban J connectivity index is 1.63. The molecule has 0 aliphatic carbocycles. The van der Waals surface area contributed by atoms with Gasteiger partial charge in [-0.15, -0.1) is 0 Å². The number of rotatable bonds is 4. The topological polar surface area (TPSA) is 121 Å². The number of carbonyl (C=O) groups is 2. The lowest BCUT2D eigenvalue weighted by Crippen LogP contribution is -2.53. The second-order valence-electron chi connectivity index (χ2n) is 11.1. The maximum absolute atomic E-state index is 14.0. The number of fused-ring (bicyclic) bond motifs is 3. The Morgan fingerprint density at radius 3 is 2.51 bits per heavy atom. The summed E-state index contributed by atoms with van der Waals surface area (Å²) in [5.41, 5.74) is 6.97. The zero-order chi connectivity index (χ0) is 28.1. The lowest BCUT2D eigenvalue weighted by Gasteiger charge is -2.41. The Kier molecular flexibility index (Phi) is 6.99. The number of piperidine rings is 1. The normalized spacial score (nSPS) is 18.9. The number of nitrogens with zero attached hydrogens (tertiary/aromatic N) is 3. The van der Waals surface area contributed by atoms with Crippen LogP contribution in [0.5, 0.6) is 0 Å². The lowest BCUT2D eigenvalue weighted by atomic mass is 9.84. The third-order valence-electron chi connectivity index (χ3n) is 7.13. The summed E-state index contributed by atoms with van der Waals surface area (Å²) in [5, 5.41) is 5.45. The van der Waals surface area contributed by atoms with Gasteiger partial charge in [0.1, 0.15) is 22.3 Å². The molecule has 1 amide bonds. The summed E-state index contributed by atoms with van der Waals surface area (Å²) >= 11 is 6.60. The molecule has 1 fully saturated rings. The Labute approximate surface area is 230 Å². The van der Waals surface area contributed by atoms with Crippen molar-refractivity contribution in [1.82, 2.24) is 14.6 Å². The van der Waals surface area contributed by atoms with Crippen molar-refractivity contribution in [1.29, 1.82) is 0 Å². The van der Waals surface area contributed by atoms with Gasteiger partial charge in [0.25, 0.3) is 5.56 Å². The van der Waals surface area contributed by atoms with Crippen molar-refractivity contribution in [3.05, 3.63) is 75.2 Å². The minimum Gasteiger partial charge on any atom is -0.444 e. The highest BCUT2D eigenvalue weighted by Crippen LogP contribution is 2.35. The standard InChI is InChI=1S/C29H31ClN4O5/c1-16-22-25(32-39-16)23-20(30)11-8-12-21(23)34(27(22)36)19-13-18(14-33(15-19)28(37)38-29(2,3)4)24(31)26(35)17-9-6-5-7-10-17/h5-12,18-19,24H,13-15,31H2,1-4H3. The van der Waals surface area contributed by atoms with Crippen LogP contribution in [0.1, 0.15) is 49.4 Å². The van der Waals surface area contributed by atoms with Crippen molar-refractivity contribution in [3.63, 3.8) is 0 Å². The highest BCUT2D eigenvalue weighted by molar-refractivity contribution is 6.37. The number of amides is 1. The first-order chi connectivity index (χ1) is 18.5. The summed E-state index contributed by atoms with van der Waals surface area (Å²) in [6.07, 6.45) is -0.148. The molecular weight excluding hydrogens is 520 g/mol. The van der Waals surface area contributed by atoms with Crippen molar-refractivity contribution >= 4 is 45.3 Å². The molecule has 3 unspecified atom stereocenters. The second-order valence-corrected chi connectivity index (χ2v) is 11.5. The van der Waals surface area contributed by atoms with Gasteiger partial charge >= 0.3 is 6.09 Å². The highest BCUT2D eigenvalue weighted by atomic mass is 35.5. The Morgan fingerprint density at radius 2 is 1.82 bits per heavy atom. The first kappa shape index (κ1) is 26.9. The minimum absolute atomic E-state index is 0.189. The number of ether oxygens (including phenoxy) is 1. The van der Waals surface area contributed by atoms with E-state index in [0.29, 0.717) is 44.6 Å². The molecule has 0 spiro atoms. The number of benzene rings is 2. The molecule has 39 heavy (non-hydrogen) atoms. The van der Waals surface area contributed by atoms with Crippen LogP contribution < -0.4 is 11.3 Å². The predicted octanol–water partition coefficient (Wildman–Crippen LogP) is 5.11. The van der Waals surface area contributed by atoms with Gasteiger partial charge < -0.3 is 24.5 Å². The fourth-order valence-electron chi connectivity index (χ4n) is 5.38. The van der Waals surface area contributed by atoms with E-state index in [0.717, 1.165) is 0 Å². The van der Waals surface area contributed by atoms with Crippen LogP contribution in [0.3, 0.4) is 0 Å². The van der Waals surface area contributed by atoms with Gasteiger partial charge in [0.05, 0.1) is 22.6 Å². The summed E-state index contributed by atoms with van der Waals surface area (Å²) in [6.45, 7) is 7.45. The van der Waals surface area contributed by atoms with E-state index in [4.69, 9.17) is 26.6 Å². The van der Waals surface area contributed by atoms with Gasteiger partial charge in [-0.2, -0.15) is 0 Å². The van der Waals surface area contributed by atoms with E-state index in [1.807, 2.05) is 6.07 Å². The number of aryl methyl sites for hydroxylation is 1. The SMILES string of the molecule is Cc1onc2c1c(=O)n(C1CC(C(N)C(=O)c3ccccc3)CN(C(=O)OC(C)(C)C)C1)c1cccc(Cl)c21. The third-order valence-corrected chi connectivity index (χ3v) is 7.44. The maximum atomic E-state index is 14.0. The van der Waals surface area contributed by atoms with Gasteiger partial charge in [-0.1, -0.05) is 53.2 Å². The minimum atomic E-state index is -0.897. The van der Waals surface area contributed by atoms with E-state index in [1.54, 1.807) is 74.7 Å². The Hall–Kier alpha value is -3.69. The average Bonchev–Trinajstić information content (AvgIpc) is 3.29. The summed E-state index contributed by atoms with van der Waals surface area (Å²) < 4.78 is 12.7. The molecule has 2 aromatic heterocycles. The number of hydrogen-bond donors (Lipinski definition) is 1. The first-order valence-electron chi connectivity index (χ1n) is 12.9. The number of aromatic nitrogens is 2. The first-order valence-corrected chi connectivity index (χ1v) is 13.3. The smallest absolute Gasteiger partial charge is 0.410 e. The van der Waals surface area contributed by atoms with Crippen LogP contribution in [-0.2, 0) is 4.74 Å². The van der Waals surface area contributed by atoms with Crippen LogP contribution in [0, 0.1) is 12.8 Å². The molecule has 3 atom stereocenters. The fourth-order valence-corrected chi connectivity index (χ4v) is 5.64. The summed E-state index contributed by atoms with van der Waals surface area (Å²) in [4.78, 5) is 42.1. The van der Waals surface area contributed by atoms with Gasteiger partial charge in [0, 0.05) is 30.0 Å². The number of hydrogen-bond acceptors (Lipinski definition) is 7. The number of nitrogens with two attached hydrogens (primary N) is 1. The number of carbonyl (C=O) groups excluding carboxylic acids is 2. The molecule has 0 radical (unpaired) electrons. The van der Waals surface area contributed by atoms with Crippen molar-refractivity contribution in [3.8, 4) is 0 Å². The predicted molar refractivity (Wildman–Crippen MR) is 149 cm³/mol. The van der Waals surface area contributed by atoms with Crippen LogP contribution >= 0.6 is 11.6 Å². The highest BCUT2D eigenvalue weighted by Gasteiger charge is 2.39. The quantitative estimate of drug-likeness (QED) is 0.350. The number of likely N-dealkylation sites (tertiary alicyclic amines) is 1. The van der Waals surface area contributed by atoms with Crippen LogP contribution in [-0.4, -0.2) is 51.2 Å². The third kappa shape index (κ3) is 5.04. The van der Waals surface area contributed by atoms with Crippen LogP contribution in [0.15, 0.2) is 57.8 Å². The fraction of sp³-hybridized carbons (Fsp3) is 0.379. The van der Waals surface area contributed by atoms with Crippen molar-refractivity contribution < 1.29 is 18.8 Å². The molecule has 0 saturated carbocycles. The number of pyridine rings is 1. The molecular formula is C29H31ClN4O5. The van der Waals surface area contributed by atoms with E-state index in [2.05, 4.69) is 5.16 Å². The molecule has 204 valence electrons. The van der Waals surface area contributed by atoms with E-state index in [1.165, 1.54) is 4.90 Å². The molecule has 2 aromatic carbocycles. The molecule has 2 N–H and O–H groups in total. The second kappa shape index (κ2) is 10.1. The van der Waals surface area contributed by atoms with Crippen molar-refractivity contribution in [2.45, 2.75) is 51.8 Å². The van der Waals surface area contributed by atoms with E-state index < -0.39 is 29.7 Å². The van der Waals surface area contributed by atoms with Gasteiger partial charge in [0.15, 0.2) is 5.78 Å². The Bertz CT molecular complexity index is 1620. The summed E-state index contributed by atoms with van der Waals surface area (Å²) in [6, 6.07) is 12.7. The van der Waals surface area contributed by atoms with Gasteiger partial charge in [-0.3, -0.25) is 9.59 Å². The van der Waals surface area contributed by atoms with Crippen LogP contribution in [0.4, 0.5) is 4.79 Å². The molecule has 10 heteroatoms.